The average molecular weight is 445 g/mol. The molecule has 0 aliphatic heterocycles. The van der Waals surface area contributed by atoms with Crippen molar-refractivity contribution >= 4 is 34.9 Å². The van der Waals surface area contributed by atoms with Crippen LogP contribution in [0.25, 0.3) is 0 Å². The summed E-state index contributed by atoms with van der Waals surface area (Å²) in [5, 5.41) is 4.98. The summed E-state index contributed by atoms with van der Waals surface area (Å²) >= 11 is 11.6. The Bertz CT molecular complexity index is 835. The Morgan fingerprint density at radius 3 is 1.93 bits per heavy atom. The van der Waals surface area contributed by atoms with Gasteiger partial charge in [0, 0.05) is 12.2 Å². The molecule has 3 nitrogen and oxygen atoms in total. The summed E-state index contributed by atoms with van der Waals surface area (Å²) in [7, 11) is 0. The molecule has 2 aromatic carbocycles. The monoisotopic (exact) mass is 444 g/mol. The maximum absolute atomic E-state index is 12.8. The molecule has 0 heterocycles. The van der Waals surface area contributed by atoms with Crippen molar-refractivity contribution in [1.82, 2.24) is 5.32 Å². The maximum atomic E-state index is 12.8. The molecule has 0 aliphatic rings. The SMILES string of the molecule is O=C(NCCc1ccc(Cl)c(Cl)c1)Nc1cc(C(F)(F)F)cc(C(F)(F)F)c1. The molecule has 0 aromatic heterocycles. The van der Waals surface area contributed by atoms with Crippen LogP contribution in [0.1, 0.15) is 16.7 Å². The van der Waals surface area contributed by atoms with E-state index in [4.69, 9.17) is 23.2 Å². The van der Waals surface area contributed by atoms with E-state index >= 15 is 0 Å². The number of amides is 2. The van der Waals surface area contributed by atoms with E-state index in [2.05, 4.69) is 5.32 Å². The topological polar surface area (TPSA) is 41.1 Å². The van der Waals surface area contributed by atoms with Gasteiger partial charge in [-0.1, -0.05) is 29.3 Å². The van der Waals surface area contributed by atoms with E-state index in [1.54, 1.807) is 18.2 Å². The third-order valence-electron chi connectivity index (χ3n) is 3.53. The third kappa shape index (κ3) is 6.20. The lowest BCUT2D eigenvalue weighted by atomic mass is 10.1. The highest BCUT2D eigenvalue weighted by molar-refractivity contribution is 6.42. The zero-order chi connectivity index (χ0) is 21.1. The Balaban J connectivity index is 2.05. The molecule has 0 radical (unpaired) electrons. The van der Waals surface area contributed by atoms with Gasteiger partial charge in [-0.05, 0) is 42.3 Å². The Kier molecular flexibility index (Phi) is 6.71. The van der Waals surface area contributed by atoms with Crippen LogP contribution in [0.4, 0.5) is 36.8 Å². The van der Waals surface area contributed by atoms with Gasteiger partial charge in [0.15, 0.2) is 0 Å². The summed E-state index contributed by atoms with van der Waals surface area (Å²) in [4.78, 5) is 11.8. The number of hydrogen-bond donors (Lipinski definition) is 2. The van der Waals surface area contributed by atoms with Gasteiger partial charge in [-0.15, -0.1) is 0 Å². The van der Waals surface area contributed by atoms with Gasteiger partial charge in [0.05, 0.1) is 21.2 Å². The number of urea groups is 1. The van der Waals surface area contributed by atoms with E-state index in [0.717, 1.165) is 5.56 Å². The van der Waals surface area contributed by atoms with E-state index in [1.807, 2.05) is 5.32 Å². The fourth-order valence-corrected chi connectivity index (χ4v) is 2.54. The van der Waals surface area contributed by atoms with Gasteiger partial charge in [0.25, 0.3) is 0 Å². The van der Waals surface area contributed by atoms with Crippen molar-refractivity contribution < 1.29 is 31.1 Å². The lowest BCUT2D eigenvalue weighted by molar-refractivity contribution is -0.143. The van der Waals surface area contributed by atoms with E-state index in [9.17, 15) is 31.1 Å². The number of nitrogens with one attached hydrogen (secondary N) is 2. The lowest BCUT2D eigenvalue weighted by Gasteiger charge is -2.15. The van der Waals surface area contributed by atoms with Crippen LogP contribution >= 0.6 is 23.2 Å². The molecule has 0 saturated carbocycles. The molecule has 2 amide bonds. The molecular formula is C17H12Cl2F6N2O. The summed E-state index contributed by atoms with van der Waals surface area (Å²) in [5.74, 6) is 0. The van der Waals surface area contributed by atoms with Crippen molar-refractivity contribution in [3.63, 3.8) is 0 Å². The molecule has 152 valence electrons. The Hall–Kier alpha value is -2.13. The highest BCUT2D eigenvalue weighted by atomic mass is 35.5. The number of alkyl halides is 6. The summed E-state index contributed by atoms with van der Waals surface area (Å²) in [6, 6.07) is 4.67. The van der Waals surface area contributed by atoms with Gasteiger partial charge in [0.2, 0.25) is 0 Å². The van der Waals surface area contributed by atoms with Crippen LogP contribution in [0.2, 0.25) is 10.0 Å². The Labute approximate surface area is 165 Å². The second-order valence-electron chi connectivity index (χ2n) is 5.67. The zero-order valence-corrected chi connectivity index (χ0v) is 15.3. The summed E-state index contributed by atoms with van der Waals surface area (Å²) < 4.78 is 76.9. The number of carbonyl (C=O) groups excluding carboxylic acids is 1. The molecule has 28 heavy (non-hydrogen) atoms. The van der Waals surface area contributed by atoms with Crippen LogP contribution in [0.5, 0.6) is 0 Å². The zero-order valence-electron chi connectivity index (χ0n) is 13.8. The number of anilines is 1. The first-order valence-corrected chi connectivity index (χ1v) is 8.40. The minimum atomic E-state index is -5.00. The van der Waals surface area contributed by atoms with Gasteiger partial charge >= 0.3 is 18.4 Å². The molecule has 0 bridgehead atoms. The van der Waals surface area contributed by atoms with Crippen LogP contribution in [-0.2, 0) is 18.8 Å². The second kappa shape index (κ2) is 8.48. The van der Waals surface area contributed by atoms with Gasteiger partial charge in [-0.3, -0.25) is 0 Å². The van der Waals surface area contributed by atoms with Gasteiger partial charge in [0.1, 0.15) is 0 Å². The standard InChI is InChI=1S/C17H12Cl2F6N2O/c18-13-2-1-9(5-14(13)19)3-4-26-15(28)27-12-7-10(16(20,21)22)6-11(8-12)17(23,24)25/h1-2,5-8H,3-4H2,(H2,26,27,28). The first-order chi connectivity index (χ1) is 12.9. The predicted octanol–water partition coefficient (Wildman–Crippen LogP) is 6.40. The van der Waals surface area contributed by atoms with Crippen molar-refractivity contribution in [2.75, 3.05) is 11.9 Å². The third-order valence-corrected chi connectivity index (χ3v) is 4.27. The molecule has 2 aromatic rings. The van der Waals surface area contributed by atoms with Crippen molar-refractivity contribution in [2.24, 2.45) is 0 Å². The van der Waals surface area contributed by atoms with Crippen LogP contribution in [0, 0.1) is 0 Å². The van der Waals surface area contributed by atoms with Crippen LogP contribution in [-0.4, -0.2) is 12.6 Å². The normalized spacial score (nSPS) is 12.0. The van der Waals surface area contributed by atoms with E-state index in [-0.39, 0.29) is 12.6 Å². The van der Waals surface area contributed by atoms with Gasteiger partial charge in [-0.2, -0.15) is 26.3 Å². The highest BCUT2D eigenvalue weighted by Gasteiger charge is 2.37. The van der Waals surface area contributed by atoms with Gasteiger partial charge < -0.3 is 10.6 Å². The maximum Gasteiger partial charge on any atom is 0.416 e. The second-order valence-corrected chi connectivity index (χ2v) is 6.49. The predicted molar refractivity (Wildman–Crippen MR) is 93.6 cm³/mol. The summed E-state index contributed by atoms with van der Waals surface area (Å²) in [5.41, 5.74) is -2.94. The quantitative estimate of drug-likeness (QED) is 0.526. The highest BCUT2D eigenvalue weighted by Crippen LogP contribution is 2.37. The van der Waals surface area contributed by atoms with Crippen molar-refractivity contribution in [1.29, 1.82) is 0 Å². The molecule has 0 atom stereocenters. The van der Waals surface area contributed by atoms with Crippen molar-refractivity contribution in [2.45, 2.75) is 18.8 Å². The molecule has 0 spiro atoms. The smallest absolute Gasteiger partial charge is 0.338 e. The van der Waals surface area contributed by atoms with Crippen LogP contribution < -0.4 is 10.6 Å². The molecule has 0 unspecified atom stereocenters. The minimum Gasteiger partial charge on any atom is -0.338 e. The fourth-order valence-electron chi connectivity index (χ4n) is 2.22. The van der Waals surface area contributed by atoms with E-state index < -0.39 is 35.2 Å². The van der Waals surface area contributed by atoms with E-state index in [0.29, 0.717) is 28.6 Å². The number of benzene rings is 2. The first kappa shape index (κ1) is 22.2. The Morgan fingerprint density at radius 1 is 0.857 bits per heavy atom. The first-order valence-electron chi connectivity index (χ1n) is 7.64. The molecule has 2 N–H and O–H groups in total. The number of rotatable bonds is 4. The number of hydrogen-bond acceptors (Lipinski definition) is 1. The molecular weight excluding hydrogens is 433 g/mol. The fraction of sp³-hybridized carbons (Fsp3) is 0.235. The molecule has 11 heteroatoms. The van der Waals surface area contributed by atoms with Crippen LogP contribution in [0.15, 0.2) is 36.4 Å². The van der Waals surface area contributed by atoms with E-state index in [1.165, 1.54) is 0 Å². The number of carbonyl (C=O) groups is 1. The lowest BCUT2D eigenvalue weighted by Crippen LogP contribution is -2.30. The largest absolute Gasteiger partial charge is 0.416 e. The average Bonchev–Trinajstić information content (AvgIpc) is 2.56. The number of halogens is 8. The van der Waals surface area contributed by atoms with Gasteiger partial charge in [-0.25, -0.2) is 4.79 Å². The minimum absolute atomic E-state index is 0.0205. The van der Waals surface area contributed by atoms with Crippen molar-refractivity contribution in [3.05, 3.63) is 63.1 Å². The molecule has 2 rings (SSSR count). The van der Waals surface area contributed by atoms with Crippen LogP contribution in [0.3, 0.4) is 0 Å². The summed E-state index contributed by atoms with van der Waals surface area (Å²) in [6.07, 6.45) is -9.68. The van der Waals surface area contributed by atoms with Crippen molar-refractivity contribution in [3.8, 4) is 0 Å². The Morgan fingerprint density at radius 2 is 1.43 bits per heavy atom. The molecule has 0 aliphatic carbocycles. The molecule has 0 saturated heterocycles. The molecule has 0 fully saturated rings. The summed E-state index contributed by atoms with van der Waals surface area (Å²) in [6.45, 7) is 0.0644.